The van der Waals surface area contributed by atoms with E-state index in [0.717, 1.165) is 37.0 Å². The molecule has 0 unspecified atom stereocenters. The first-order valence-corrected chi connectivity index (χ1v) is 7.97. The van der Waals surface area contributed by atoms with Crippen molar-refractivity contribution in [3.05, 3.63) is 35.6 Å². The molecular weight excluding hydrogens is 299 g/mol. The summed E-state index contributed by atoms with van der Waals surface area (Å²) in [4.78, 5) is 37.7. The van der Waals surface area contributed by atoms with Crippen molar-refractivity contribution < 1.29 is 18.8 Å². The lowest BCUT2D eigenvalue weighted by atomic mass is 9.84. The van der Waals surface area contributed by atoms with E-state index in [1.807, 2.05) is 0 Å². The summed E-state index contributed by atoms with van der Waals surface area (Å²) in [7, 11) is 0. The number of imide groups is 1. The van der Waals surface area contributed by atoms with Crippen molar-refractivity contribution in [3.8, 4) is 0 Å². The van der Waals surface area contributed by atoms with E-state index in [9.17, 15) is 18.8 Å². The highest BCUT2D eigenvalue weighted by molar-refractivity contribution is 6.09. The molecule has 0 aromatic heterocycles. The average Bonchev–Trinajstić information content (AvgIpc) is 2.84. The molecule has 1 aromatic carbocycles. The lowest BCUT2D eigenvalue weighted by Gasteiger charge is -2.25. The van der Waals surface area contributed by atoms with Gasteiger partial charge < -0.3 is 5.32 Å². The number of Topliss-reactive ketones (excluding diaryl/α,β-unsaturated/α-hetero) is 1. The Bertz CT molecular complexity index is 623. The summed E-state index contributed by atoms with van der Waals surface area (Å²) < 4.78 is 12.9. The van der Waals surface area contributed by atoms with E-state index in [1.165, 1.54) is 24.3 Å². The van der Waals surface area contributed by atoms with Crippen LogP contribution in [0.2, 0.25) is 0 Å². The predicted octanol–water partition coefficient (Wildman–Crippen LogP) is 2.51. The molecule has 2 aliphatic rings. The van der Waals surface area contributed by atoms with Gasteiger partial charge in [0.1, 0.15) is 11.9 Å². The molecule has 1 heterocycles. The predicted molar refractivity (Wildman–Crippen MR) is 81.3 cm³/mol. The van der Waals surface area contributed by atoms with Crippen molar-refractivity contribution in [1.82, 2.24) is 10.2 Å². The summed E-state index contributed by atoms with van der Waals surface area (Å²) in [5.41, 5.74) is 0.285. The molecule has 1 aliphatic carbocycles. The fraction of sp³-hybridized carbons (Fsp3) is 0.471. The maximum Gasteiger partial charge on any atom is 0.325 e. The zero-order valence-corrected chi connectivity index (χ0v) is 12.8. The third-order valence-electron chi connectivity index (χ3n) is 4.65. The number of benzene rings is 1. The van der Waals surface area contributed by atoms with Crippen molar-refractivity contribution in [2.45, 2.75) is 38.1 Å². The molecule has 2 fully saturated rings. The number of urea groups is 1. The molecule has 0 radical (unpaired) electrons. The van der Waals surface area contributed by atoms with Crippen molar-refractivity contribution in [2.24, 2.45) is 5.92 Å². The fourth-order valence-electron chi connectivity index (χ4n) is 3.35. The quantitative estimate of drug-likeness (QED) is 0.685. The van der Waals surface area contributed by atoms with Crippen LogP contribution in [0.3, 0.4) is 0 Å². The van der Waals surface area contributed by atoms with Crippen molar-refractivity contribution >= 4 is 17.7 Å². The monoisotopic (exact) mass is 318 g/mol. The van der Waals surface area contributed by atoms with E-state index in [1.54, 1.807) is 0 Å². The van der Waals surface area contributed by atoms with Gasteiger partial charge in [0.2, 0.25) is 0 Å². The Balaban J connectivity index is 1.67. The molecule has 5 nitrogen and oxygen atoms in total. The van der Waals surface area contributed by atoms with Gasteiger partial charge >= 0.3 is 6.03 Å². The highest BCUT2D eigenvalue weighted by Crippen LogP contribution is 2.29. The molecule has 3 rings (SSSR count). The van der Waals surface area contributed by atoms with Crippen molar-refractivity contribution in [1.29, 1.82) is 0 Å². The number of carbonyl (C=O) groups is 3. The van der Waals surface area contributed by atoms with Crippen LogP contribution in [0, 0.1) is 11.7 Å². The minimum absolute atomic E-state index is 0.158. The Hall–Kier alpha value is -2.24. The molecule has 23 heavy (non-hydrogen) atoms. The molecule has 0 spiro atoms. The van der Waals surface area contributed by atoms with Gasteiger partial charge in [-0.2, -0.15) is 0 Å². The third kappa shape index (κ3) is 3.25. The number of amides is 3. The number of rotatable bonds is 4. The van der Waals surface area contributed by atoms with Gasteiger partial charge in [-0.3, -0.25) is 14.5 Å². The Morgan fingerprint density at radius 1 is 1.13 bits per heavy atom. The highest BCUT2D eigenvalue weighted by atomic mass is 19.1. The van der Waals surface area contributed by atoms with E-state index in [4.69, 9.17) is 0 Å². The molecule has 122 valence electrons. The van der Waals surface area contributed by atoms with Crippen LogP contribution in [-0.2, 0) is 4.79 Å². The number of nitrogens with zero attached hydrogens (tertiary/aromatic N) is 1. The minimum atomic E-state index is -0.513. The number of ketones is 1. The van der Waals surface area contributed by atoms with Crippen molar-refractivity contribution in [2.75, 3.05) is 6.54 Å². The van der Waals surface area contributed by atoms with E-state index in [2.05, 4.69) is 5.32 Å². The van der Waals surface area contributed by atoms with Crippen LogP contribution in [0.5, 0.6) is 0 Å². The van der Waals surface area contributed by atoms with Crippen LogP contribution in [0.15, 0.2) is 24.3 Å². The number of hydrogen-bond donors (Lipinski definition) is 1. The van der Waals surface area contributed by atoms with Gasteiger partial charge in [-0.25, -0.2) is 9.18 Å². The Kier molecular flexibility index (Phi) is 4.41. The average molecular weight is 318 g/mol. The molecular formula is C17H19FN2O3. The summed E-state index contributed by atoms with van der Waals surface area (Å²) in [6.45, 7) is -0.306. The highest BCUT2D eigenvalue weighted by Gasteiger charge is 2.43. The first-order chi connectivity index (χ1) is 11.1. The van der Waals surface area contributed by atoms with E-state index >= 15 is 0 Å². The fourth-order valence-corrected chi connectivity index (χ4v) is 3.35. The van der Waals surface area contributed by atoms with Crippen LogP contribution in [0.25, 0.3) is 0 Å². The third-order valence-corrected chi connectivity index (χ3v) is 4.65. The standard InChI is InChI=1S/C17H19FN2O3/c18-13-8-6-11(7-9-13)14(21)10-20-16(22)15(19-17(20)23)12-4-2-1-3-5-12/h6-9,12,15H,1-5,10H2,(H,19,23)/t15-/m1/s1. The molecule has 3 amide bonds. The van der Waals surface area contributed by atoms with Crippen LogP contribution < -0.4 is 5.32 Å². The second-order valence-electron chi connectivity index (χ2n) is 6.18. The van der Waals surface area contributed by atoms with E-state index < -0.39 is 17.9 Å². The van der Waals surface area contributed by atoms with Crippen LogP contribution in [-0.4, -0.2) is 35.2 Å². The summed E-state index contributed by atoms with van der Waals surface area (Å²) in [6, 6.07) is 4.06. The van der Waals surface area contributed by atoms with Gasteiger partial charge in [-0.1, -0.05) is 19.3 Å². The minimum Gasteiger partial charge on any atom is -0.326 e. The van der Waals surface area contributed by atoms with Gasteiger partial charge in [0, 0.05) is 5.56 Å². The van der Waals surface area contributed by atoms with Crippen molar-refractivity contribution in [3.63, 3.8) is 0 Å². The topological polar surface area (TPSA) is 66.5 Å². The Labute approximate surface area is 133 Å². The SMILES string of the molecule is O=C(CN1C(=O)N[C@H](C2CCCCC2)C1=O)c1ccc(F)cc1. The maximum atomic E-state index is 12.9. The normalized spacial score (nSPS) is 22.3. The summed E-state index contributed by atoms with van der Waals surface area (Å²) in [5, 5.41) is 2.71. The molecule has 1 N–H and O–H groups in total. The van der Waals surface area contributed by atoms with E-state index in [-0.39, 0.29) is 29.7 Å². The zero-order chi connectivity index (χ0) is 16.4. The molecule has 1 saturated carbocycles. The summed E-state index contributed by atoms with van der Waals surface area (Å²) in [5.74, 6) is -0.977. The van der Waals surface area contributed by atoms with Gasteiger partial charge in [0.25, 0.3) is 5.91 Å². The lowest BCUT2D eigenvalue weighted by Crippen LogP contribution is -2.39. The van der Waals surface area contributed by atoms with Crippen LogP contribution >= 0.6 is 0 Å². The molecule has 1 saturated heterocycles. The van der Waals surface area contributed by atoms with Gasteiger partial charge in [0.15, 0.2) is 5.78 Å². The second kappa shape index (κ2) is 6.48. The summed E-state index contributed by atoms with van der Waals surface area (Å²) in [6.07, 6.45) is 5.16. The van der Waals surface area contributed by atoms with Crippen LogP contribution in [0.1, 0.15) is 42.5 Å². The molecule has 0 bridgehead atoms. The van der Waals surface area contributed by atoms with Gasteiger partial charge in [-0.15, -0.1) is 0 Å². The number of hydrogen-bond acceptors (Lipinski definition) is 3. The first kappa shape index (κ1) is 15.6. The Morgan fingerprint density at radius 2 is 1.78 bits per heavy atom. The Morgan fingerprint density at radius 3 is 2.43 bits per heavy atom. The zero-order valence-electron chi connectivity index (χ0n) is 12.8. The van der Waals surface area contributed by atoms with Gasteiger partial charge in [-0.05, 0) is 43.0 Å². The summed E-state index contributed by atoms with van der Waals surface area (Å²) >= 11 is 0. The first-order valence-electron chi connectivity index (χ1n) is 7.97. The number of carbonyl (C=O) groups excluding carboxylic acids is 3. The molecule has 1 atom stereocenters. The number of nitrogens with one attached hydrogen (secondary N) is 1. The van der Waals surface area contributed by atoms with E-state index in [0.29, 0.717) is 0 Å². The molecule has 6 heteroatoms. The van der Waals surface area contributed by atoms with Crippen LogP contribution in [0.4, 0.5) is 9.18 Å². The smallest absolute Gasteiger partial charge is 0.325 e. The maximum absolute atomic E-state index is 12.9. The lowest BCUT2D eigenvalue weighted by molar-refractivity contribution is -0.128. The molecule has 1 aliphatic heterocycles. The van der Waals surface area contributed by atoms with Gasteiger partial charge in [0.05, 0.1) is 6.54 Å². The number of halogens is 1. The second-order valence-corrected chi connectivity index (χ2v) is 6.18. The largest absolute Gasteiger partial charge is 0.326 e. The molecule has 1 aromatic rings.